The Kier molecular flexibility index (Phi) is 4.72. The second kappa shape index (κ2) is 7.20. The number of benzene rings is 1. The van der Waals surface area contributed by atoms with Gasteiger partial charge in [0, 0.05) is 31.1 Å². The Morgan fingerprint density at radius 1 is 1.36 bits per heavy atom. The summed E-state index contributed by atoms with van der Waals surface area (Å²) in [6, 6.07) is 6.30. The van der Waals surface area contributed by atoms with Crippen molar-refractivity contribution in [2.45, 2.75) is 26.2 Å². The molecule has 2 N–H and O–H groups in total. The molecule has 1 amide bonds. The van der Waals surface area contributed by atoms with Gasteiger partial charge >= 0.3 is 0 Å². The maximum Gasteiger partial charge on any atom is 0.255 e. The third-order valence-electron chi connectivity index (χ3n) is 4.44. The van der Waals surface area contributed by atoms with E-state index < -0.39 is 5.82 Å². The number of nitrogens with zero attached hydrogens (tertiary/aromatic N) is 4. The summed E-state index contributed by atoms with van der Waals surface area (Å²) in [6.45, 7) is 4.41. The Morgan fingerprint density at radius 2 is 2.18 bits per heavy atom. The van der Waals surface area contributed by atoms with Gasteiger partial charge in [0.05, 0.1) is 21.6 Å². The van der Waals surface area contributed by atoms with E-state index in [2.05, 4.69) is 25.5 Å². The maximum absolute atomic E-state index is 13.5. The van der Waals surface area contributed by atoms with Gasteiger partial charge < -0.3 is 10.3 Å². The van der Waals surface area contributed by atoms with Crippen LogP contribution in [0.3, 0.4) is 0 Å². The van der Waals surface area contributed by atoms with Gasteiger partial charge in [0.1, 0.15) is 17.5 Å². The molecule has 144 valence electrons. The van der Waals surface area contributed by atoms with Crippen molar-refractivity contribution in [2.75, 3.05) is 6.54 Å². The van der Waals surface area contributed by atoms with Crippen molar-refractivity contribution in [1.82, 2.24) is 29.9 Å². The summed E-state index contributed by atoms with van der Waals surface area (Å²) in [5.74, 6) is 0.899. The molecule has 0 aliphatic rings. The number of nitrogens with one attached hydrogen (secondary N) is 2. The fraction of sp³-hybridized carbons (Fsp3) is 0.263. The first-order valence-corrected chi connectivity index (χ1v) is 9.27. The molecule has 0 bridgehead atoms. The number of imidazole rings is 1. The number of amides is 1. The van der Waals surface area contributed by atoms with E-state index >= 15 is 0 Å². The van der Waals surface area contributed by atoms with Crippen LogP contribution in [0.4, 0.5) is 4.39 Å². The summed E-state index contributed by atoms with van der Waals surface area (Å²) < 4.78 is 15.4. The largest absolute Gasteiger partial charge is 0.351 e. The predicted octanol–water partition coefficient (Wildman–Crippen LogP) is 3.49. The first-order valence-electron chi connectivity index (χ1n) is 8.89. The molecule has 0 radical (unpaired) electrons. The Bertz CT molecular complexity index is 1140. The molecule has 9 heteroatoms. The Morgan fingerprint density at radius 3 is 2.96 bits per heavy atom. The van der Waals surface area contributed by atoms with Crippen molar-refractivity contribution in [3.63, 3.8) is 0 Å². The van der Waals surface area contributed by atoms with Gasteiger partial charge in [0.2, 0.25) is 0 Å². The van der Waals surface area contributed by atoms with Crippen molar-refractivity contribution in [2.24, 2.45) is 0 Å². The number of H-pyrrole nitrogens is 1. The monoisotopic (exact) mass is 400 g/mol. The molecule has 4 rings (SSSR count). The second-order valence-corrected chi connectivity index (χ2v) is 7.21. The van der Waals surface area contributed by atoms with Gasteiger partial charge in [-0.25, -0.2) is 9.37 Å². The second-order valence-electron chi connectivity index (χ2n) is 6.80. The fourth-order valence-electron chi connectivity index (χ4n) is 3.07. The topological polar surface area (TPSA) is 88.0 Å². The molecule has 0 saturated heterocycles. The molecule has 0 unspecified atom stereocenters. The number of carbonyl (C=O) groups is 1. The van der Waals surface area contributed by atoms with Crippen LogP contribution in [0.2, 0.25) is 5.02 Å². The molecule has 0 aliphatic heterocycles. The molecule has 7 nitrogen and oxygen atoms in total. The van der Waals surface area contributed by atoms with E-state index in [1.54, 1.807) is 12.1 Å². The average Bonchev–Trinajstić information content (AvgIpc) is 3.25. The van der Waals surface area contributed by atoms with Crippen LogP contribution in [-0.4, -0.2) is 37.0 Å². The van der Waals surface area contributed by atoms with Crippen molar-refractivity contribution in [3.8, 4) is 0 Å². The summed E-state index contributed by atoms with van der Waals surface area (Å²) in [7, 11) is 0. The molecular weight excluding hydrogens is 383 g/mol. The van der Waals surface area contributed by atoms with Crippen LogP contribution in [-0.2, 0) is 6.42 Å². The first-order chi connectivity index (χ1) is 13.4. The lowest BCUT2D eigenvalue weighted by Crippen LogP contribution is -2.26. The summed E-state index contributed by atoms with van der Waals surface area (Å²) >= 11 is 5.78. The molecule has 3 aromatic heterocycles. The lowest BCUT2D eigenvalue weighted by molar-refractivity contribution is 0.0955. The van der Waals surface area contributed by atoms with Crippen molar-refractivity contribution in [1.29, 1.82) is 0 Å². The lowest BCUT2D eigenvalue weighted by atomic mass is 10.2. The number of aromatic amines is 1. The Hall–Kier alpha value is -3.00. The highest BCUT2D eigenvalue weighted by atomic mass is 35.5. The molecule has 1 aromatic carbocycles. The zero-order valence-corrected chi connectivity index (χ0v) is 16.1. The van der Waals surface area contributed by atoms with Crippen molar-refractivity contribution >= 4 is 34.2 Å². The van der Waals surface area contributed by atoms with E-state index in [1.807, 2.05) is 24.4 Å². The Labute approximate surface area is 164 Å². The number of halogens is 2. The van der Waals surface area contributed by atoms with Crippen LogP contribution in [0.5, 0.6) is 0 Å². The van der Waals surface area contributed by atoms with Gasteiger partial charge in [-0.2, -0.15) is 0 Å². The average molecular weight is 401 g/mol. The number of aromatic nitrogens is 5. The summed E-state index contributed by atoms with van der Waals surface area (Å²) in [6.07, 6.45) is 2.31. The number of hydrogen-bond donors (Lipinski definition) is 2. The number of rotatable bonds is 5. The van der Waals surface area contributed by atoms with Crippen molar-refractivity contribution in [3.05, 3.63) is 58.5 Å². The van der Waals surface area contributed by atoms with Gasteiger partial charge in [-0.1, -0.05) is 25.4 Å². The van der Waals surface area contributed by atoms with E-state index in [1.165, 1.54) is 12.1 Å². The van der Waals surface area contributed by atoms with Gasteiger partial charge in [0.15, 0.2) is 5.65 Å². The minimum Gasteiger partial charge on any atom is -0.351 e. The smallest absolute Gasteiger partial charge is 0.255 e. The van der Waals surface area contributed by atoms with Gasteiger partial charge in [-0.05, 0) is 18.2 Å². The minimum atomic E-state index is -0.500. The predicted molar refractivity (Wildman–Crippen MR) is 104 cm³/mol. The normalized spacial score (nSPS) is 11.6. The minimum absolute atomic E-state index is 0.0287. The number of pyridine rings is 1. The van der Waals surface area contributed by atoms with E-state index in [0.717, 1.165) is 5.82 Å². The number of carbonyl (C=O) groups excluding carboxylic acids is 1. The zero-order valence-electron chi connectivity index (χ0n) is 15.3. The Balaban J connectivity index is 1.47. The van der Waals surface area contributed by atoms with Crippen LogP contribution in [0, 0.1) is 5.82 Å². The first kappa shape index (κ1) is 18.4. The highest BCUT2D eigenvalue weighted by molar-refractivity contribution is 6.31. The van der Waals surface area contributed by atoms with Crippen molar-refractivity contribution < 1.29 is 9.18 Å². The van der Waals surface area contributed by atoms with Crippen LogP contribution in [0.1, 0.15) is 41.8 Å². The van der Waals surface area contributed by atoms with Crippen LogP contribution in [0.15, 0.2) is 30.5 Å². The molecule has 0 aliphatic carbocycles. The van der Waals surface area contributed by atoms with Gasteiger partial charge in [-0.15, -0.1) is 10.2 Å². The highest BCUT2D eigenvalue weighted by Gasteiger charge is 2.16. The zero-order chi connectivity index (χ0) is 19.8. The van der Waals surface area contributed by atoms with Gasteiger partial charge in [-0.3, -0.25) is 9.20 Å². The summed E-state index contributed by atoms with van der Waals surface area (Å²) in [5.41, 5.74) is 2.14. The molecular formula is C19H18ClFN6O. The lowest BCUT2D eigenvalue weighted by Gasteiger charge is -2.06. The maximum atomic E-state index is 13.5. The quantitative estimate of drug-likeness (QED) is 0.536. The molecule has 4 aromatic rings. The number of fused-ring (bicyclic) bond motifs is 2. The third-order valence-corrected chi connectivity index (χ3v) is 4.73. The fourth-order valence-corrected chi connectivity index (χ4v) is 3.23. The summed E-state index contributed by atoms with van der Waals surface area (Å²) in [5, 5.41) is 11.2. The molecule has 0 fully saturated rings. The standard InChI is InChI=1S/C19H18ClFN6O/c1-10(2)17-25-26-18-11(4-3-7-27(17)18)19(28)22-6-5-16-23-14-8-12(20)13(21)9-15(14)24-16/h3-4,7-10H,5-6H2,1-2H3,(H,22,28)(H,23,24). The summed E-state index contributed by atoms with van der Waals surface area (Å²) in [4.78, 5) is 20.0. The van der Waals surface area contributed by atoms with E-state index in [9.17, 15) is 9.18 Å². The van der Waals surface area contributed by atoms with Crippen LogP contribution < -0.4 is 5.32 Å². The molecule has 0 atom stereocenters. The van der Waals surface area contributed by atoms with E-state index in [0.29, 0.717) is 41.0 Å². The molecule has 28 heavy (non-hydrogen) atoms. The van der Waals surface area contributed by atoms with Crippen LogP contribution >= 0.6 is 11.6 Å². The third kappa shape index (κ3) is 3.31. The number of hydrogen-bond acceptors (Lipinski definition) is 4. The van der Waals surface area contributed by atoms with E-state index in [-0.39, 0.29) is 16.8 Å². The highest BCUT2D eigenvalue weighted by Crippen LogP contribution is 2.21. The SMILES string of the molecule is CC(C)c1nnc2c(C(=O)NCCc3nc4cc(Cl)c(F)cc4[nH]3)cccn12. The molecule has 0 saturated carbocycles. The molecule has 3 heterocycles. The molecule has 0 spiro atoms. The van der Waals surface area contributed by atoms with E-state index in [4.69, 9.17) is 11.6 Å². The van der Waals surface area contributed by atoms with Crippen LogP contribution in [0.25, 0.3) is 16.7 Å². The van der Waals surface area contributed by atoms with Gasteiger partial charge in [0.25, 0.3) is 5.91 Å².